The minimum atomic E-state index is 0.470. The van der Waals surface area contributed by atoms with E-state index in [0.29, 0.717) is 5.15 Å². The van der Waals surface area contributed by atoms with Crippen LogP contribution < -0.4 is 5.32 Å². The monoisotopic (exact) mass is 251 g/mol. The molecule has 0 aliphatic carbocycles. The molecule has 2 rings (SSSR count). The molecule has 0 spiro atoms. The molecule has 5 nitrogen and oxygen atoms in total. The highest BCUT2D eigenvalue weighted by atomic mass is 35.5. The van der Waals surface area contributed by atoms with Crippen molar-refractivity contribution in [2.24, 2.45) is 0 Å². The summed E-state index contributed by atoms with van der Waals surface area (Å²) in [6.45, 7) is 2.75. The molecular weight excluding hydrogens is 238 g/mol. The molecule has 2 aromatic rings. The van der Waals surface area contributed by atoms with Crippen molar-refractivity contribution in [2.45, 2.75) is 19.8 Å². The third kappa shape index (κ3) is 3.42. The number of aromatic amines is 1. The zero-order valence-electron chi connectivity index (χ0n) is 9.57. The fraction of sp³-hybridized carbons (Fsp3) is 0.364. The summed E-state index contributed by atoms with van der Waals surface area (Å²) in [6.07, 6.45) is 5.14. The third-order valence-corrected chi connectivity index (χ3v) is 2.47. The van der Waals surface area contributed by atoms with E-state index in [4.69, 9.17) is 11.6 Å². The van der Waals surface area contributed by atoms with Gasteiger partial charge in [0.25, 0.3) is 0 Å². The number of anilines is 1. The average molecular weight is 252 g/mol. The molecule has 0 fully saturated rings. The number of hydrogen-bond donors (Lipinski definition) is 2. The fourth-order valence-corrected chi connectivity index (χ4v) is 1.66. The summed E-state index contributed by atoms with van der Waals surface area (Å²) in [5, 5.41) is 3.67. The van der Waals surface area contributed by atoms with Crippen molar-refractivity contribution in [1.29, 1.82) is 0 Å². The number of rotatable bonds is 5. The Balaban J connectivity index is 1.92. The predicted octanol–water partition coefficient (Wildman–Crippen LogP) is 2.07. The normalized spacial score (nSPS) is 10.5. The van der Waals surface area contributed by atoms with E-state index < -0.39 is 0 Å². The first-order valence-corrected chi connectivity index (χ1v) is 5.91. The SMILES string of the molecule is CCc1nc(Cl)cc(NCCc2ncc[nH]2)n1. The van der Waals surface area contributed by atoms with Gasteiger partial charge in [-0.3, -0.25) is 0 Å². The van der Waals surface area contributed by atoms with Crippen LogP contribution in [0.25, 0.3) is 0 Å². The Hall–Kier alpha value is -1.62. The van der Waals surface area contributed by atoms with Crippen LogP contribution in [0.3, 0.4) is 0 Å². The molecule has 0 bridgehead atoms. The number of hydrogen-bond acceptors (Lipinski definition) is 4. The maximum atomic E-state index is 5.90. The number of nitrogens with one attached hydrogen (secondary N) is 2. The minimum Gasteiger partial charge on any atom is -0.369 e. The largest absolute Gasteiger partial charge is 0.369 e. The van der Waals surface area contributed by atoms with E-state index in [-0.39, 0.29) is 0 Å². The second-order valence-corrected chi connectivity index (χ2v) is 3.95. The standard InChI is InChI=1S/C11H14ClN5/c1-2-9-16-8(12)7-11(17-9)13-4-3-10-14-5-6-15-10/h5-7H,2-4H2,1H3,(H,14,15)(H,13,16,17). The number of H-pyrrole nitrogens is 1. The Labute approximate surface area is 105 Å². The van der Waals surface area contributed by atoms with Crippen molar-refractivity contribution in [3.8, 4) is 0 Å². The van der Waals surface area contributed by atoms with Crippen molar-refractivity contribution in [1.82, 2.24) is 19.9 Å². The van der Waals surface area contributed by atoms with Crippen molar-refractivity contribution >= 4 is 17.4 Å². The summed E-state index contributed by atoms with van der Waals surface area (Å²) in [7, 11) is 0. The Morgan fingerprint density at radius 3 is 3.00 bits per heavy atom. The molecule has 90 valence electrons. The van der Waals surface area contributed by atoms with Gasteiger partial charge in [-0.1, -0.05) is 18.5 Å². The average Bonchev–Trinajstić information content (AvgIpc) is 2.81. The molecule has 0 aliphatic heterocycles. The Morgan fingerprint density at radius 2 is 2.29 bits per heavy atom. The van der Waals surface area contributed by atoms with E-state index >= 15 is 0 Å². The van der Waals surface area contributed by atoms with E-state index in [2.05, 4.69) is 25.3 Å². The van der Waals surface area contributed by atoms with Gasteiger partial charge in [0.1, 0.15) is 22.6 Å². The van der Waals surface area contributed by atoms with E-state index in [1.807, 2.05) is 13.1 Å². The molecule has 0 aliphatic rings. The zero-order valence-corrected chi connectivity index (χ0v) is 10.3. The second-order valence-electron chi connectivity index (χ2n) is 3.56. The first-order chi connectivity index (χ1) is 8.28. The van der Waals surface area contributed by atoms with Crippen LogP contribution in [-0.4, -0.2) is 26.5 Å². The topological polar surface area (TPSA) is 66.5 Å². The number of aromatic nitrogens is 4. The summed E-state index contributed by atoms with van der Waals surface area (Å²) in [5.74, 6) is 2.46. The highest BCUT2D eigenvalue weighted by Gasteiger charge is 2.01. The minimum absolute atomic E-state index is 0.470. The number of aryl methyl sites for hydroxylation is 1. The summed E-state index contributed by atoms with van der Waals surface area (Å²) < 4.78 is 0. The number of imidazole rings is 1. The van der Waals surface area contributed by atoms with E-state index in [9.17, 15) is 0 Å². The van der Waals surface area contributed by atoms with Gasteiger partial charge in [-0.15, -0.1) is 0 Å². The predicted molar refractivity (Wildman–Crippen MR) is 67.2 cm³/mol. The van der Waals surface area contributed by atoms with Gasteiger partial charge < -0.3 is 10.3 Å². The maximum absolute atomic E-state index is 5.90. The first-order valence-electron chi connectivity index (χ1n) is 5.53. The van der Waals surface area contributed by atoms with Gasteiger partial charge >= 0.3 is 0 Å². The van der Waals surface area contributed by atoms with Gasteiger partial charge in [-0.25, -0.2) is 15.0 Å². The zero-order chi connectivity index (χ0) is 12.1. The third-order valence-electron chi connectivity index (χ3n) is 2.28. The van der Waals surface area contributed by atoms with Gasteiger partial charge in [0.15, 0.2) is 0 Å². The summed E-state index contributed by atoms with van der Waals surface area (Å²) in [4.78, 5) is 15.6. The molecule has 0 radical (unpaired) electrons. The highest BCUT2D eigenvalue weighted by Crippen LogP contribution is 2.11. The number of nitrogens with zero attached hydrogens (tertiary/aromatic N) is 3. The Kier molecular flexibility index (Phi) is 3.93. The van der Waals surface area contributed by atoms with Gasteiger partial charge in [0, 0.05) is 37.8 Å². The smallest absolute Gasteiger partial charge is 0.134 e. The molecule has 6 heteroatoms. The molecule has 17 heavy (non-hydrogen) atoms. The van der Waals surface area contributed by atoms with Gasteiger partial charge in [-0.05, 0) is 0 Å². The Bertz CT molecular complexity index is 469. The maximum Gasteiger partial charge on any atom is 0.134 e. The molecule has 2 aromatic heterocycles. The first kappa shape index (κ1) is 11.9. The van der Waals surface area contributed by atoms with Crippen LogP contribution in [0.2, 0.25) is 5.15 Å². The van der Waals surface area contributed by atoms with Crippen molar-refractivity contribution < 1.29 is 0 Å². The lowest BCUT2D eigenvalue weighted by Gasteiger charge is -2.06. The second kappa shape index (κ2) is 5.63. The molecule has 0 saturated heterocycles. The molecule has 0 amide bonds. The molecular formula is C11H14ClN5. The molecule has 0 unspecified atom stereocenters. The fourth-order valence-electron chi connectivity index (χ4n) is 1.46. The van der Waals surface area contributed by atoms with Crippen molar-refractivity contribution in [2.75, 3.05) is 11.9 Å². The van der Waals surface area contributed by atoms with Gasteiger partial charge in [0.2, 0.25) is 0 Å². The summed E-state index contributed by atoms with van der Waals surface area (Å²) in [5.41, 5.74) is 0. The van der Waals surface area contributed by atoms with E-state index in [1.165, 1.54) is 0 Å². The van der Waals surface area contributed by atoms with Crippen LogP contribution in [0.15, 0.2) is 18.5 Å². The van der Waals surface area contributed by atoms with Crippen LogP contribution in [-0.2, 0) is 12.8 Å². The summed E-state index contributed by atoms with van der Waals surface area (Å²) >= 11 is 5.90. The van der Waals surface area contributed by atoms with E-state index in [0.717, 1.165) is 36.9 Å². The lowest BCUT2D eigenvalue weighted by atomic mass is 10.4. The molecule has 2 N–H and O–H groups in total. The summed E-state index contributed by atoms with van der Waals surface area (Å²) in [6, 6.07) is 1.73. The van der Waals surface area contributed by atoms with Gasteiger partial charge in [0.05, 0.1) is 0 Å². The molecule has 0 aromatic carbocycles. The highest BCUT2D eigenvalue weighted by molar-refractivity contribution is 6.29. The van der Waals surface area contributed by atoms with E-state index in [1.54, 1.807) is 12.3 Å². The van der Waals surface area contributed by atoms with Crippen molar-refractivity contribution in [3.63, 3.8) is 0 Å². The van der Waals surface area contributed by atoms with Crippen LogP contribution in [0.4, 0.5) is 5.82 Å². The lowest BCUT2D eigenvalue weighted by Crippen LogP contribution is -2.08. The van der Waals surface area contributed by atoms with Crippen molar-refractivity contribution in [3.05, 3.63) is 35.3 Å². The van der Waals surface area contributed by atoms with Crippen LogP contribution in [0, 0.1) is 0 Å². The molecule has 0 saturated carbocycles. The van der Waals surface area contributed by atoms with Crippen LogP contribution in [0.1, 0.15) is 18.6 Å². The molecule has 2 heterocycles. The molecule has 0 atom stereocenters. The Morgan fingerprint density at radius 1 is 1.41 bits per heavy atom. The quantitative estimate of drug-likeness (QED) is 0.799. The number of halogens is 1. The van der Waals surface area contributed by atoms with Crippen LogP contribution >= 0.6 is 11.6 Å². The van der Waals surface area contributed by atoms with Gasteiger partial charge in [-0.2, -0.15) is 0 Å². The lowest BCUT2D eigenvalue weighted by molar-refractivity contribution is 0.900. The van der Waals surface area contributed by atoms with Crippen LogP contribution in [0.5, 0.6) is 0 Å².